The number of aryl methyl sites for hydroxylation is 1. The van der Waals surface area contributed by atoms with Crippen LogP contribution in [0, 0.1) is 12.7 Å². The summed E-state index contributed by atoms with van der Waals surface area (Å²) in [5.41, 5.74) is 1.66. The van der Waals surface area contributed by atoms with Gasteiger partial charge in [0.15, 0.2) is 0 Å². The van der Waals surface area contributed by atoms with Gasteiger partial charge in [0.25, 0.3) is 0 Å². The van der Waals surface area contributed by atoms with Crippen molar-refractivity contribution in [3.63, 3.8) is 0 Å². The molecule has 1 atom stereocenters. The molecule has 3 heteroatoms. The fourth-order valence-electron chi connectivity index (χ4n) is 1.40. The Kier molecular flexibility index (Phi) is 2.20. The van der Waals surface area contributed by atoms with E-state index in [1.807, 2.05) is 6.07 Å². The van der Waals surface area contributed by atoms with Crippen LogP contribution in [-0.4, -0.2) is 11.8 Å². The lowest BCUT2D eigenvalue weighted by molar-refractivity contribution is 0.617. The van der Waals surface area contributed by atoms with Gasteiger partial charge in [0, 0.05) is 16.7 Å². The van der Waals surface area contributed by atoms with E-state index in [0.29, 0.717) is 5.25 Å². The molecule has 1 aliphatic heterocycles. The van der Waals surface area contributed by atoms with E-state index in [4.69, 9.17) is 0 Å². The summed E-state index contributed by atoms with van der Waals surface area (Å²) in [5.74, 6) is -0.124. The fraction of sp³-hybridized carbons (Fsp3) is 0.400. The summed E-state index contributed by atoms with van der Waals surface area (Å²) in [5, 5.41) is 3.79. The molecule has 0 saturated carbocycles. The van der Waals surface area contributed by atoms with Crippen molar-refractivity contribution >= 4 is 17.4 Å². The minimum Gasteiger partial charge on any atom is -0.383 e. The number of hydrogen-bond acceptors (Lipinski definition) is 2. The van der Waals surface area contributed by atoms with Gasteiger partial charge in [-0.05, 0) is 24.6 Å². The van der Waals surface area contributed by atoms with Gasteiger partial charge in [-0.15, -0.1) is 11.8 Å². The van der Waals surface area contributed by atoms with Gasteiger partial charge in [-0.3, -0.25) is 0 Å². The molecular weight excluding hydrogens is 185 g/mol. The van der Waals surface area contributed by atoms with E-state index in [1.54, 1.807) is 24.8 Å². The Hall–Kier alpha value is -0.700. The van der Waals surface area contributed by atoms with Crippen molar-refractivity contribution in [2.45, 2.75) is 24.0 Å². The minimum atomic E-state index is -0.124. The van der Waals surface area contributed by atoms with Crippen LogP contribution in [0.15, 0.2) is 17.0 Å². The van der Waals surface area contributed by atoms with Gasteiger partial charge in [-0.25, -0.2) is 4.39 Å². The summed E-state index contributed by atoms with van der Waals surface area (Å²) >= 11 is 1.81. The molecule has 1 nitrogen and oxygen atoms in total. The number of rotatable bonds is 0. The Morgan fingerprint density at radius 1 is 1.54 bits per heavy atom. The highest BCUT2D eigenvalue weighted by Crippen LogP contribution is 2.36. The van der Waals surface area contributed by atoms with E-state index in [1.165, 1.54) is 0 Å². The van der Waals surface area contributed by atoms with Crippen LogP contribution >= 0.6 is 11.8 Å². The number of thioether (sulfide) groups is 1. The topological polar surface area (TPSA) is 12.0 Å². The second-order valence-electron chi connectivity index (χ2n) is 3.41. The number of anilines is 1. The minimum absolute atomic E-state index is 0.124. The zero-order valence-corrected chi connectivity index (χ0v) is 8.54. The standard InChI is InChI=1S/C10H12FNS/c1-6-3-10-9(4-8(6)11)12-5-7(2)13-10/h3-4,7,12H,5H2,1-2H3. The Bertz CT molecular complexity index is 338. The molecule has 1 aliphatic rings. The van der Waals surface area contributed by atoms with Crippen molar-refractivity contribution in [1.29, 1.82) is 0 Å². The second kappa shape index (κ2) is 3.22. The molecule has 1 N–H and O–H groups in total. The molecule has 0 saturated heterocycles. The number of halogens is 1. The molecule has 2 rings (SSSR count). The van der Waals surface area contributed by atoms with Crippen LogP contribution in [0.2, 0.25) is 0 Å². The molecular formula is C10H12FNS. The average molecular weight is 197 g/mol. The first-order chi connectivity index (χ1) is 6.16. The lowest BCUT2D eigenvalue weighted by Crippen LogP contribution is -2.18. The van der Waals surface area contributed by atoms with Crippen LogP contribution in [-0.2, 0) is 0 Å². The molecule has 0 aliphatic carbocycles. The predicted molar refractivity (Wildman–Crippen MR) is 54.9 cm³/mol. The highest BCUT2D eigenvalue weighted by Gasteiger charge is 2.16. The average Bonchev–Trinajstić information content (AvgIpc) is 2.08. The van der Waals surface area contributed by atoms with Crippen molar-refractivity contribution in [1.82, 2.24) is 0 Å². The van der Waals surface area contributed by atoms with Gasteiger partial charge >= 0.3 is 0 Å². The summed E-state index contributed by atoms with van der Waals surface area (Å²) in [6.45, 7) is 4.88. The van der Waals surface area contributed by atoms with Gasteiger partial charge in [0.2, 0.25) is 0 Å². The third kappa shape index (κ3) is 1.66. The molecule has 0 aromatic heterocycles. The predicted octanol–water partition coefficient (Wildman–Crippen LogP) is 3.04. The van der Waals surface area contributed by atoms with E-state index in [0.717, 1.165) is 22.7 Å². The smallest absolute Gasteiger partial charge is 0.128 e. The zero-order valence-electron chi connectivity index (χ0n) is 7.73. The molecule has 1 aromatic carbocycles. The van der Waals surface area contributed by atoms with Gasteiger partial charge in [-0.2, -0.15) is 0 Å². The molecule has 0 spiro atoms. The van der Waals surface area contributed by atoms with Crippen molar-refractivity contribution in [3.8, 4) is 0 Å². The first kappa shape index (κ1) is 8.88. The van der Waals surface area contributed by atoms with Crippen LogP contribution < -0.4 is 5.32 Å². The first-order valence-corrected chi connectivity index (χ1v) is 5.25. The molecule has 70 valence electrons. The highest BCUT2D eigenvalue weighted by molar-refractivity contribution is 8.00. The monoisotopic (exact) mass is 197 g/mol. The third-order valence-electron chi connectivity index (χ3n) is 2.17. The lowest BCUT2D eigenvalue weighted by Gasteiger charge is -2.23. The Labute approximate surface area is 81.7 Å². The summed E-state index contributed by atoms with van der Waals surface area (Å²) in [6, 6.07) is 3.50. The third-order valence-corrected chi connectivity index (χ3v) is 3.33. The van der Waals surface area contributed by atoms with Gasteiger partial charge in [-0.1, -0.05) is 6.92 Å². The maximum Gasteiger partial charge on any atom is 0.128 e. The second-order valence-corrected chi connectivity index (χ2v) is 4.89. The van der Waals surface area contributed by atoms with E-state index < -0.39 is 0 Å². The summed E-state index contributed by atoms with van der Waals surface area (Å²) in [4.78, 5) is 1.16. The highest BCUT2D eigenvalue weighted by atomic mass is 32.2. The van der Waals surface area contributed by atoms with Gasteiger partial charge in [0.1, 0.15) is 5.82 Å². The summed E-state index contributed by atoms with van der Waals surface area (Å²) in [7, 11) is 0. The summed E-state index contributed by atoms with van der Waals surface area (Å²) < 4.78 is 13.2. The molecule has 1 unspecified atom stereocenters. The number of fused-ring (bicyclic) bond motifs is 1. The first-order valence-electron chi connectivity index (χ1n) is 4.37. The van der Waals surface area contributed by atoms with E-state index in [-0.39, 0.29) is 5.82 Å². The Morgan fingerprint density at radius 3 is 3.08 bits per heavy atom. The van der Waals surface area contributed by atoms with E-state index in [2.05, 4.69) is 12.2 Å². The van der Waals surface area contributed by atoms with Crippen molar-refractivity contribution in [2.24, 2.45) is 0 Å². The molecule has 1 aromatic rings. The SMILES string of the molecule is Cc1cc2c(cc1F)NCC(C)S2. The Morgan fingerprint density at radius 2 is 2.31 bits per heavy atom. The largest absolute Gasteiger partial charge is 0.383 e. The molecule has 0 radical (unpaired) electrons. The maximum atomic E-state index is 13.2. The quantitative estimate of drug-likeness (QED) is 0.686. The normalized spacial score (nSPS) is 20.7. The number of benzene rings is 1. The van der Waals surface area contributed by atoms with Crippen molar-refractivity contribution < 1.29 is 4.39 Å². The van der Waals surface area contributed by atoms with Gasteiger partial charge in [0.05, 0.1) is 5.69 Å². The molecule has 13 heavy (non-hydrogen) atoms. The van der Waals surface area contributed by atoms with E-state index in [9.17, 15) is 4.39 Å². The summed E-state index contributed by atoms with van der Waals surface area (Å²) in [6.07, 6.45) is 0. The lowest BCUT2D eigenvalue weighted by atomic mass is 10.2. The van der Waals surface area contributed by atoms with Crippen LogP contribution in [0.1, 0.15) is 12.5 Å². The van der Waals surface area contributed by atoms with Crippen molar-refractivity contribution in [3.05, 3.63) is 23.5 Å². The molecule has 0 amide bonds. The Balaban J connectivity index is 2.43. The number of hydrogen-bond donors (Lipinski definition) is 1. The molecule has 0 fully saturated rings. The van der Waals surface area contributed by atoms with Crippen LogP contribution in [0.4, 0.5) is 10.1 Å². The van der Waals surface area contributed by atoms with Crippen LogP contribution in [0.5, 0.6) is 0 Å². The molecule has 0 bridgehead atoms. The van der Waals surface area contributed by atoms with Crippen LogP contribution in [0.25, 0.3) is 0 Å². The van der Waals surface area contributed by atoms with Gasteiger partial charge < -0.3 is 5.32 Å². The zero-order chi connectivity index (χ0) is 9.42. The number of nitrogens with one attached hydrogen (secondary N) is 1. The van der Waals surface area contributed by atoms with E-state index >= 15 is 0 Å². The van der Waals surface area contributed by atoms with Crippen molar-refractivity contribution in [2.75, 3.05) is 11.9 Å². The van der Waals surface area contributed by atoms with Crippen LogP contribution in [0.3, 0.4) is 0 Å². The molecule has 1 heterocycles. The maximum absolute atomic E-state index is 13.2. The fourth-order valence-corrected chi connectivity index (χ4v) is 2.51.